The van der Waals surface area contributed by atoms with Crippen molar-refractivity contribution in [3.05, 3.63) is 0 Å². The van der Waals surface area contributed by atoms with Crippen molar-refractivity contribution < 1.29 is 0 Å². The standard InChI is InChI=1S/C6H19NSi2.H3P/c1-8(2,3)7-9(4,5)6;/h7H,1-6H3;1H3. The van der Waals surface area contributed by atoms with Gasteiger partial charge in [0.1, 0.15) is 16.5 Å². The second kappa shape index (κ2) is 4.00. The Morgan fingerprint density at radius 2 is 0.900 bits per heavy atom. The highest BCUT2D eigenvalue weighted by atomic mass is 31.0. The molecule has 0 saturated heterocycles. The molecule has 1 N–H and O–H groups in total. The van der Waals surface area contributed by atoms with Gasteiger partial charge in [0.2, 0.25) is 0 Å². The van der Waals surface area contributed by atoms with Crippen molar-refractivity contribution in [2.75, 3.05) is 0 Å². The molecule has 0 rings (SSSR count). The second-order valence-electron chi connectivity index (χ2n) is 4.62. The summed E-state index contributed by atoms with van der Waals surface area (Å²) in [6.45, 7) is 14.1. The topological polar surface area (TPSA) is 12.0 Å². The zero-order valence-corrected chi connectivity index (χ0v) is 11.6. The monoisotopic (exact) mass is 195 g/mol. The van der Waals surface area contributed by atoms with Crippen LogP contribution in [-0.2, 0) is 0 Å². The van der Waals surface area contributed by atoms with Gasteiger partial charge in [-0.05, 0) is 0 Å². The maximum Gasteiger partial charge on any atom is 0.109 e. The molecule has 0 aliphatic heterocycles. The summed E-state index contributed by atoms with van der Waals surface area (Å²) in [4.78, 5) is 0. The number of hydrogen-bond acceptors (Lipinski definition) is 1. The van der Waals surface area contributed by atoms with E-state index < -0.39 is 16.5 Å². The first-order valence-corrected chi connectivity index (χ1v) is 10.5. The second-order valence-corrected chi connectivity index (χ2v) is 14.6. The Hall–Kier alpha value is 0.824. The number of hydrogen-bond donors (Lipinski definition) is 1. The molecule has 10 heavy (non-hydrogen) atoms. The molecule has 4 heteroatoms. The fraction of sp³-hybridized carbons (Fsp3) is 1.00. The van der Waals surface area contributed by atoms with E-state index in [2.05, 4.69) is 43.9 Å². The van der Waals surface area contributed by atoms with Crippen molar-refractivity contribution in [1.29, 1.82) is 0 Å². The highest BCUT2D eigenvalue weighted by Crippen LogP contribution is 2.02. The molecule has 0 aromatic rings. The fourth-order valence-electron chi connectivity index (χ4n) is 1.12. The molecule has 0 aromatic carbocycles. The Morgan fingerprint density at radius 3 is 0.900 bits per heavy atom. The summed E-state index contributed by atoms with van der Waals surface area (Å²) in [5, 5.41) is 0. The van der Waals surface area contributed by atoms with E-state index in [0.29, 0.717) is 0 Å². The lowest BCUT2D eigenvalue weighted by molar-refractivity contribution is 1.30. The molecule has 0 fully saturated rings. The number of nitrogens with one attached hydrogen (secondary N) is 1. The molecule has 0 bridgehead atoms. The third kappa shape index (κ3) is 11.6. The SMILES string of the molecule is C[Si](C)(C)N[Si](C)(C)C.P. The molecule has 64 valence electrons. The van der Waals surface area contributed by atoms with Gasteiger partial charge in [-0.3, -0.25) is 0 Å². The smallest absolute Gasteiger partial charge is 0.109 e. The molecule has 0 aliphatic rings. The lowest BCUT2D eigenvalue weighted by Crippen LogP contribution is -2.55. The predicted molar refractivity (Wildman–Crippen MR) is 60.9 cm³/mol. The third-order valence-electron chi connectivity index (χ3n) is 0.750. The molecule has 0 saturated carbocycles. The molecule has 0 amide bonds. The van der Waals surface area contributed by atoms with Gasteiger partial charge in [-0.25, -0.2) is 0 Å². The van der Waals surface area contributed by atoms with Crippen LogP contribution in [-0.4, -0.2) is 16.5 Å². The highest BCUT2D eigenvalue weighted by molar-refractivity contribution is 6.92. The van der Waals surface area contributed by atoms with Crippen molar-refractivity contribution >= 4 is 26.4 Å². The van der Waals surface area contributed by atoms with Gasteiger partial charge >= 0.3 is 0 Å². The van der Waals surface area contributed by atoms with Gasteiger partial charge in [-0.15, -0.1) is 0 Å². The Bertz CT molecular complexity index is 80.9. The zero-order chi connectivity index (χ0) is 7.71. The summed E-state index contributed by atoms with van der Waals surface area (Å²) in [6, 6.07) is 0. The van der Waals surface area contributed by atoms with Gasteiger partial charge < -0.3 is 4.65 Å². The predicted octanol–water partition coefficient (Wildman–Crippen LogP) is 2.30. The Labute approximate surface area is 70.8 Å². The quantitative estimate of drug-likeness (QED) is 0.527. The van der Waals surface area contributed by atoms with Crippen LogP contribution in [0.5, 0.6) is 0 Å². The summed E-state index contributed by atoms with van der Waals surface area (Å²) in [5.41, 5.74) is 0. The first-order chi connectivity index (χ1) is 3.71. The van der Waals surface area contributed by atoms with E-state index in [-0.39, 0.29) is 9.90 Å². The van der Waals surface area contributed by atoms with Crippen molar-refractivity contribution in [3.8, 4) is 0 Å². The zero-order valence-electron chi connectivity index (χ0n) is 8.21. The van der Waals surface area contributed by atoms with Crippen LogP contribution >= 0.6 is 9.90 Å². The summed E-state index contributed by atoms with van der Waals surface area (Å²) in [5.74, 6) is 0. The van der Waals surface area contributed by atoms with Crippen molar-refractivity contribution in [1.82, 2.24) is 4.65 Å². The van der Waals surface area contributed by atoms with Crippen LogP contribution in [0.15, 0.2) is 0 Å². The molecule has 0 radical (unpaired) electrons. The molecule has 0 aromatic heterocycles. The minimum absolute atomic E-state index is 0. The first-order valence-electron chi connectivity index (χ1n) is 3.50. The van der Waals surface area contributed by atoms with Gasteiger partial charge in [-0.1, -0.05) is 39.3 Å². The largest absolute Gasteiger partial charge is 0.360 e. The molecular formula is C6H22NPSi2. The van der Waals surface area contributed by atoms with Crippen LogP contribution in [0.4, 0.5) is 0 Å². The van der Waals surface area contributed by atoms with Gasteiger partial charge in [0.15, 0.2) is 0 Å². The van der Waals surface area contributed by atoms with Crippen LogP contribution in [0.25, 0.3) is 0 Å². The summed E-state index contributed by atoms with van der Waals surface area (Å²) >= 11 is 0. The first kappa shape index (κ1) is 13.4. The summed E-state index contributed by atoms with van der Waals surface area (Å²) in [7, 11) is -1.96. The summed E-state index contributed by atoms with van der Waals surface area (Å²) in [6.07, 6.45) is 0. The maximum absolute atomic E-state index is 3.74. The normalized spacial score (nSPS) is 12.6. The van der Waals surface area contributed by atoms with Crippen molar-refractivity contribution in [2.24, 2.45) is 0 Å². The van der Waals surface area contributed by atoms with E-state index in [1.807, 2.05) is 0 Å². The molecule has 1 nitrogen and oxygen atoms in total. The van der Waals surface area contributed by atoms with Crippen LogP contribution in [0.2, 0.25) is 39.3 Å². The molecule has 0 spiro atoms. The Balaban J connectivity index is 0. The van der Waals surface area contributed by atoms with Gasteiger partial charge in [0.05, 0.1) is 0 Å². The average Bonchev–Trinajstić information content (AvgIpc) is 1.14. The average molecular weight is 195 g/mol. The van der Waals surface area contributed by atoms with E-state index in [0.717, 1.165) is 0 Å². The van der Waals surface area contributed by atoms with Crippen LogP contribution in [0, 0.1) is 0 Å². The van der Waals surface area contributed by atoms with Crippen molar-refractivity contribution in [3.63, 3.8) is 0 Å². The minimum atomic E-state index is -0.981. The molecule has 0 aliphatic carbocycles. The van der Waals surface area contributed by atoms with E-state index >= 15 is 0 Å². The Morgan fingerprint density at radius 1 is 0.700 bits per heavy atom. The molecule has 1 atom stereocenters. The van der Waals surface area contributed by atoms with Crippen LogP contribution in [0.3, 0.4) is 0 Å². The van der Waals surface area contributed by atoms with E-state index in [9.17, 15) is 0 Å². The lowest BCUT2D eigenvalue weighted by Gasteiger charge is -2.28. The van der Waals surface area contributed by atoms with Crippen molar-refractivity contribution in [2.45, 2.75) is 39.3 Å². The maximum atomic E-state index is 3.74. The molecule has 1 unspecified atom stereocenters. The van der Waals surface area contributed by atoms with Gasteiger partial charge in [0, 0.05) is 0 Å². The number of rotatable bonds is 2. The third-order valence-corrected chi connectivity index (χ3v) is 6.75. The van der Waals surface area contributed by atoms with Gasteiger partial charge in [0.25, 0.3) is 0 Å². The van der Waals surface area contributed by atoms with E-state index in [1.165, 1.54) is 0 Å². The van der Waals surface area contributed by atoms with E-state index in [1.54, 1.807) is 0 Å². The molecule has 0 heterocycles. The van der Waals surface area contributed by atoms with Crippen LogP contribution in [0.1, 0.15) is 0 Å². The van der Waals surface area contributed by atoms with Crippen LogP contribution < -0.4 is 4.65 Å². The summed E-state index contributed by atoms with van der Waals surface area (Å²) < 4.78 is 3.74. The lowest BCUT2D eigenvalue weighted by atomic mass is 11.8. The van der Waals surface area contributed by atoms with E-state index in [4.69, 9.17) is 0 Å². The minimum Gasteiger partial charge on any atom is -0.360 e. The highest BCUT2D eigenvalue weighted by Gasteiger charge is 2.22. The molecular weight excluding hydrogens is 173 g/mol. The van der Waals surface area contributed by atoms with Gasteiger partial charge in [-0.2, -0.15) is 9.90 Å². The Kier molecular flexibility index (Phi) is 5.37. The fourth-order valence-corrected chi connectivity index (χ4v) is 10.1.